The Bertz CT molecular complexity index is 2840. The maximum atomic E-state index is 14.3. The second-order valence-corrected chi connectivity index (χ2v) is 32.0. The van der Waals surface area contributed by atoms with E-state index in [1.807, 2.05) is 0 Å². The van der Waals surface area contributed by atoms with Crippen molar-refractivity contribution in [2.75, 3.05) is 152 Å². The highest BCUT2D eigenvalue weighted by molar-refractivity contribution is 5.81. The minimum absolute atomic E-state index is 0.0156. The van der Waals surface area contributed by atoms with Crippen LogP contribution in [0.3, 0.4) is 0 Å². The van der Waals surface area contributed by atoms with Crippen molar-refractivity contribution in [1.29, 1.82) is 0 Å². The largest absolute Gasteiger partial charge is 0.394 e. The van der Waals surface area contributed by atoms with Gasteiger partial charge in [-0.15, -0.1) is 0 Å². The van der Waals surface area contributed by atoms with Gasteiger partial charge in [-0.05, 0) is 80.1 Å². The summed E-state index contributed by atoms with van der Waals surface area (Å²) in [7, 11) is 0. The molecule has 17 atom stereocenters. The Morgan fingerprint density at radius 1 is 0.407 bits per heavy atom. The van der Waals surface area contributed by atoms with E-state index in [1.165, 1.54) is 32.8 Å². The van der Waals surface area contributed by atoms with Crippen LogP contribution in [0.25, 0.3) is 0 Å². The number of nitrogens with one attached hydrogen (secondary N) is 8. The van der Waals surface area contributed by atoms with E-state index in [2.05, 4.69) is 101 Å². The number of carbonyl (C=O) groups is 8. The van der Waals surface area contributed by atoms with E-state index >= 15 is 0 Å². The summed E-state index contributed by atoms with van der Waals surface area (Å²) in [6.45, 7) is 12.3. The van der Waals surface area contributed by atoms with E-state index in [4.69, 9.17) is 61.6 Å². The summed E-state index contributed by atoms with van der Waals surface area (Å²) in [5.74, 6) is -3.03. The van der Waals surface area contributed by atoms with Crippen molar-refractivity contribution < 1.29 is 146 Å². The average Bonchev–Trinajstić information content (AvgIpc) is 0.815. The standard InChI is InChI=1S/C80H138N8O30/c1-52(92)85-66-72(103)69(100)58(46-89)116-75(66)112-43-40-109-37-34-106-31-28-81-62(96)22-25-80(26-23-63(97)82-29-32-107-35-38-110-41-44-113-76-67(86-53(2)93)73(104)70(101)59(47-90)117-76,27-24-64(98)83-30-33-108-36-39-111-42-45-114-77-68(87-54(3)94)74(105)71(102)60(48-91)118-77)88-65(99)19-13-18-61(95)84-50-78(4,5)49-79(6,7)51-115-57-17-12-11-16-56(20-21-57)55-14-9-8-10-15-55/h8-10,14-15,56-60,66-77,89-91,100-105H,11-13,16-51H2,1-7H3,(H,81,96)(H,82,97)(H,83,98)(H,84,95)(H,85,92)(H,86,93)(H,87,94)(H,88,99). The van der Waals surface area contributed by atoms with Crippen molar-refractivity contribution in [3.63, 3.8) is 0 Å². The molecule has 38 heteroatoms. The summed E-state index contributed by atoms with van der Waals surface area (Å²) in [6, 6.07) is 7.32. The van der Waals surface area contributed by atoms with Gasteiger partial charge in [-0.2, -0.15) is 0 Å². The highest BCUT2D eigenvalue weighted by atomic mass is 16.7. The van der Waals surface area contributed by atoms with Gasteiger partial charge in [-0.25, -0.2) is 0 Å². The van der Waals surface area contributed by atoms with E-state index in [9.17, 15) is 84.3 Å². The first-order chi connectivity index (χ1) is 56.4. The van der Waals surface area contributed by atoms with Crippen molar-refractivity contribution in [1.82, 2.24) is 42.5 Å². The molecule has 17 unspecified atom stereocenters. The van der Waals surface area contributed by atoms with Crippen molar-refractivity contribution in [3.8, 4) is 0 Å². The normalized spacial score (nSPS) is 26.2. The predicted octanol–water partition coefficient (Wildman–Crippen LogP) is -2.24. The molecule has 4 fully saturated rings. The molecule has 1 aliphatic carbocycles. The Morgan fingerprint density at radius 2 is 0.763 bits per heavy atom. The van der Waals surface area contributed by atoms with Crippen molar-refractivity contribution in [3.05, 3.63) is 35.9 Å². The van der Waals surface area contributed by atoms with Crippen molar-refractivity contribution in [2.45, 2.75) is 261 Å². The van der Waals surface area contributed by atoms with Crippen LogP contribution in [0.1, 0.15) is 163 Å². The number of hydrogen-bond donors (Lipinski definition) is 17. The molecule has 678 valence electrons. The molecular formula is C80H138N8O30. The second kappa shape index (κ2) is 56.0. The molecule has 0 bridgehead atoms. The number of rotatable bonds is 58. The van der Waals surface area contributed by atoms with Gasteiger partial charge in [0.2, 0.25) is 47.3 Å². The molecule has 3 saturated heterocycles. The molecule has 118 heavy (non-hydrogen) atoms. The fourth-order valence-corrected chi connectivity index (χ4v) is 14.8. The zero-order valence-corrected chi connectivity index (χ0v) is 69.9. The number of benzene rings is 1. The summed E-state index contributed by atoms with van der Waals surface area (Å²) in [4.78, 5) is 105. The van der Waals surface area contributed by atoms with Gasteiger partial charge in [0.25, 0.3) is 0 Å². The van der Waals surface area contributed by atoms with Crippen LogP contribution in [0, 0.1) is 10.8 Å². The number of carbonyl (C=O) groups excluding carboxylic acids is 8. The second-order valence-electron chi connectivity index (χ2n) is 32.0. The number of aliphatic hydroxyl groups is 9. The summed E-state index contributed by atoms with van der Waals surface area (Å²) in [5, 5.41) is 114. The lowest BCUT2D eigenvalue weighted by atomic mass is 9.75. The molecule has 0 radical (unpaired) electrons. The van der Waals surface area contributed by atoms with Crippen LogP contribution in [-0.2, 0) is 99.9 Å². The summed E-state index contributed by atoms with van der Waals surface area (Å²) in [6.07, 6.45) is -9.06. The van der Waals surface area contributed by atoms with Crippen LogP contribution in [0.15, 0.2) is 30.3 Å². The van der Waals surface area contributed by atoms with Crippen LogP contribution < -0.4 is 42.5 Å². The first kappa shape index (κ1) is 103. The summed E-state index contributed by atoms with van der Waals surface area (Å²) in [5.41, 5.74) is -0.475. The van der Waals surface area contributed by atoms with E-state index in [0.717, 1.165) is 38.5 Å². The van der Waals surface area contributed by atoms with Gasteiger partial charge in [0.15, 0.2) is 18.9 Å². The monoisotopic (exact) mass is 1690 g/mol. The lowest BCUT2D eigenvalue weighted by Gasteiger charge is -2.42. The first-order valence-electron chi connectivity index (χ1n) is 41.4. The molecule has 3 heterocycles. The lowest BCUT2D eigenvalue weighted by molar-refractivity contribution is -0.272. The van der Waals surface area contributed by atoms with E-state index < -0.39 is 159 Å². The molecule has 8 amide bonds. The Morgan fingerprint density at radius 3 is 1.14 bits per heavy atom. The molecule has 1 aromatic carbocycles. The van der Waals surface area contributed by atoms with Crippen LogP contribution in [0.4, 0.5) is 0 Å². The maximum absolute atomic E-state index is 14.3. The number of ether oxygens (including phenoxy) is 13. The highest BCUT2D eigenvalue weighted by Crippen LogP contribution is 2.37. The average molecular weight is 1690 g/mol. The van der Waals surface area contributed by atoms with Gasteiger partial charge >= 0.3 is 0 Å². The Hall–Kier alpha value is -5.90. The lowest BCUT2D eigenvalue weighted by Crippen LogP contribution is -2.64. The van der Waals surface area contributed by atoms with Gasteiger partial charge in [-0.3, -0.25) is 38.4 Å². The van der Waals surface area contributed by atoms with Gasteiger partial charge in [0.1, 0.15) is 73.1 Å². The topological polar surface area (TPSA) is 535 Å². The van der Waals surface area contributed by atoms with Crippen molar-refractivity contribution >= 4 is 47.3 Å². The molecule has 0 aromatic heterocycles. The molecule has 1 aromatic rings. The first-order valence-corrected chi connectivity index (χ1v) is 41.4. The quantitative estimate of drug-likeness (QED) is 0.0307. The molecule has 17 N–H and O–H groups in total. The van der Waals surface area contributed by atoms with E-state index in [0.29, 0.717) is 19.1 Å². The third kappa shape index (κ3) is 39.5. The van der Waals surface area contributed by atoms with Gasteiger partial charge in [0.05, 0.1) is 132 Å². The van der Waals surface area contributed by atoms with Gasteiger partial charge in [0, 0.05) is 84.6 Å². The Labute approximate surface area is 692 Å². The molecule has 5 rings (SSSR count). The van der Waals surface area contributed by atoms with Gasteiger partial charge < -0.3 is 150 Å². The third-order valence-electron chi connectivity index (χ3n) is 20.7. The minimum Gasteiger partial charge on any atom is -0.394 e. The van der Waals surface area contributed by atoms with E-state index in [-0.39, 0.29) is 199 Å². The summed E-state index contributed by atoms with van der Waals surface area (Å²) >= 11 is 0. The zero-order chi connectivity index (χ0) is 86.5. The number of hydrogen-bond acceptors (Lipinski definition) is 30. The zero-order valence-electron chi connectivity index (χ0n) is 69.9. The fourth-order valence-electron chi connectivity index (χ4n) is 14.8. The molecule has 3 aliphatic heterocycles. The smallest absolute Gasteiger partial charge is 0.220 e. The van der Waals surface area contributed by atoms with E-state index in [1.54, 1.807) is 0 Å². The SMILES string of the molecule is CC(=O)NC1C(OCCOCCOCCNC(=O)CCC(CCC(=O)NCCOCCOCCOC2OC(CO)C(O)C(O)C2NC(C)=O)(CCC(=O)NCCOCCOCCOC2OC(CO)C(O)C(O)C2NC(C)=O)NC(=O)CCCC(=O)NCC(C)(C)CC(C)(C)COC2CCCCC(c3ccccc3)CC2)OC(CO)C(O)C1O. The number of aliphatic hydroxyl groups excluding tert-OH is 9. The van der Waals surface area contributed by atoms with Crippen molar-refractivity contribution in [2.24, 2.45) is 10.8 Å². The fraction of sp³-hybridized carbons (Fsp3) is 0.825. The molecule has 1 saturated carbocycles. The van der Waals surface area contributed by atoms with Crippen LogP contribution in [-0.4, -0.2) is 349 Å². The predicted molar refractivity (Wildman–Crippen MR) is 422 cm³/mol. The number of amides is 8. The maximum Gasteiger partial charge on any atom is 0.220 e. The Kier molecular flexibility index (Phi) is 48.7. The Balaban J connectivity index is 1.17. The molecular weight excluding hydrogens is 1550 g/mol. The minimum atomic E-state index is -1.48. The molecule has 38 nitrogen and oxygen atoms in total. The van der Waals surface area contributed by atoms with Crippen LogP contribution in [0.5, 0.6) is 0 Å². The third-order valence-corrected chi connectivity index (χ3v) is 20.7. The van der Waals surface area contributed by atoms with Crippen LogP contribution >= 0.6 is 0 Å². The molecule has 0 spiro atoms. The van der Waals surface area contributed by atoms with Gasteiger partial charge in [-0.1, -0.05) is 70.9 Å². The highest BCUT2D eigenvalue weighted by Gasteiger charge is 2.48. The summed E-state index contributed by atoms with van der Waals surface area (Å²) < 4.78 is 74.3. The van der Waals surface area contributed by atoms with Crippen LogP contribution in [0.2, 0.25) is 0 Å². The molecule has 4 aliphatic rings.